The molecule has 0 aromatic heterocycles. The van der Waals surface area contributed by atoms with E-state index in [0.717, 1.165) is 12.8 Å². The van der Waals surface area contributed by atoms with Gasteiger partial charge in [-0.2, -0.15) is 0 Å². The fourth-order valence-corrected chi connectivity index (χ4v) is 3.25. The predicted molar refractivity (Wildman–Crippen MR) is 72.6 cm³/mol. The Labute approximate surface area is 110 Å². The number of nitrogens with zero attached hydrogens (tertiary/aromatic N) is 3. The maximum absolute atomic E-state index is 5.58. The second kappa shape index (κ2) is 6.02. The third-order valence-electron chi connectivity index (χ3n) is 4.43. The minimum atomic E-state index is 0.254. The molecule has 0 aromatic rings. The van der Waals surface area contributed by atoms with Gasteiger partial charge in [0.05, 0.1) is 5.71 Å². The van der Waals surface area contributed by atoms with Gasteiger partial charge in [-0.15, -0.1) is 0 Å². The van der Waals surface area contributed by atoms with Crippen molar-refractivity contribution in [3.63, 3.8) is 0 Å². The van der Waals surface area contributed by atoms with Crippen LogP contribution in [0.2, 0.25) is 0 Å². The molecule has 4 nitrogen and oxygen atoms in total. The fraction of sp³-hybridized carbons (Fsp3) is 0.929. The van der Waals surface area contributed by atoms with Gasteiger partial charge >= 0.3 is 0 Å². The van der Waals surface area contributed by atoms with Crippen LogP contribution in [0.25, 0.3) is 0 Å². The van der Waals surface area contributed by atoms with Crippen LogP contribution in [0.3, 0.4) is 0 Å². The van der Waals surface area contributed by atoms with Gasteiger partial charge in [0.2, 0.25) is 0 Å². The smallest absolute Gasteiger partial charge is 0.186 e. The normalized spacial score (nSPS) is 30.4. The first-order valence-corrected chi connectivity index (χ1v) is 7.60. The fourth-order valence-electron chi connectivity index (χ4n) is 3.25. The van der Waals surface area contributed by atoms with E-state index in [1.54, 1.807) is 0 Å². The molecule has 0 N–H and O–H groups in total. The Morgan fingerprint density at radius 1 is 1.00 bits per heavy atom. The van der Waals surface area contributed by atoms with E-state index in [0.29, 0.717) is 0 Å². The van der Waals surface area contributed by atoms with Crippen molar-refractivity contribution >= 4 is 5.71 Å². The highest BCUT2D eigenvalue weighted by atomic mass is 16.7. The van der Waals surface area contributed by atoms with Gasteiger partial charge in [-0.3, -0.25) is 4.90 Å². The zero-order valence-electron chi connectivity index (χ0n) is 11.3. The number of hydrogen-bond donors (Lipinski definition) is 0. The van der Waals surface area contributed by atoms with E-state index in [1.807, 2.05) is 0 Å². The molecule has 0 spiro atoms. The average Bonchev–Trinajstić information content (AvgIpc) is 3.08. The zero-order valence-corrected chi connectivity index (χ0v) is 11.3. The van der Waals surface area contributed by atoms with Crippen molar-refractivity contribution in [1.29, 1.82) is 0 Å². The standard InChI is InChI=1S/C14H25N3O/c1-2-7-16(8-3-1)11-6-13-12-14(18-15-13)17-9-4-5-10-17/h14H,1-12H2. The highest BCUT2D eigenvalue weighted by molar-refractivity contribution is 5.85. The first-order chi connectivity index (χ1) is 8.92. The molecule has 0 aliphatic carbocycles. The molecule has 18 heavy (non-hydrogen) atoms. The number of likely N-dealkylation sites (tertiary alicyclic amines) is 2. The second-order valence-corrected chi connectivity index (χ2v) is 5.82. The van der Waals surface area contributed by atoms with Crippen molar-refractivity contribution in [3.05, 3.63) is 0 Å². The Bertz CT molecular complexity index is 293. The lowest BCUT2D eigenvalue weighted by molar-refractivity contribution is -0.0251. The summed E-state index contributed by atoms with van der Waals surface area (Å²) in [4.78, 5) is 10.6. The Balaban J connectivity index is 1.38. The van der Waals surface area contributed by atoms with Crippen LogP contribution in [0.15, 0.2) is 5.16 Å². The van der Waals surface area contributed by atoms with E-state index >= 15 is 0 Å². The number of oxime groups is 1. The maximum atomic E-state index is 5.58. The van der Waals surface area contributed by atoms with Crippen LogP contribution in [0.1, 0.15) is 44.9 Å². The van der Waals surface area contributed by atoms with Crippen molar-refractivity contribution in [3.8, 4) is 0 Å². The molecule has 3 heterocycles. The lowest BCUT2D eigenvalue weighted by atomic mass is 10.1. The molecule has 1 unspecified atom stereocenters. The van der Waals surface area contributed by atoms with E-state index in [2.05, 4.69) is 15.0 Å². The molecule has 3 aliphatic heterocycles. The molecule has 2 saturated heterocycles. The summed E-state index contributed by atoms with van der Waals surface area (Å²) in [5, 5.41) is 4.29. The summed E-state index contributed by atoms with van der Waals surface area (Å²) in [5.74, 6) is 0. The Morgan fingerprint density at radius 2 is 1.72 bits per heavy atom. The molecule has 0 saturated carbocycles. The largest absolute Gasteiger partial charge is 0.376 e. The Morgan fingerprint density at radius 3 is 2.50 bits per heavy atom. The van der Waals surface area contributed by atoms with Crippen LogP contribution in [-0.4, -0.2) is 54.5 Å². The first-order valence-electron chi connectivity index (χ1n) is 7.60. The van der Waals surface area contributed by atoms with Crippen LogP contribution in [0, 0.1) is 0 Å². The number of piperidine rings is 1. The SMILES string of the molecule is C1CCN(CCC2=NOC(N3CCCC3)C2)CC1. The molecule has 0 amide bonds. The van der Waals surface area contributed by atoms with Crippen LogP contribution >= 0.6 is 0 Å². The van der Waals surface area contributed by atoms with E-state index in [4.69, 9.17) is 4.84 Å². The molecular weight excluding hydrogens is 226 g/mol. The van der Waals surface area contributed by atoms with Crippen LogP contribution in [-0.2, 0) is 4.84 Å². The molecule has 4 heteroatoms. The van der Waals surface area contributed by atoms with Gasteiger partial charge < -0.3 is 9.74 Å². The highest BCUT2D eigenvalue weighted by Crippen LogP contribution is 2.21. The molecule has 0 bridgehead atoms. The van der Waals surface area contributed by atoms with Crippen LogP contribution < -0.4 is 0 Å². The van der Waals surface area contributed by atoms with Crippen molar-refractivity contribution in [2.75, 3.05) is 32.7 Å². The van der Waals surface area contributed by atoms with E-state index in [1.165, 1.54) is 70.5 Å². The highest BCUT2D eigenvalue weighted by Gasteiger charge is 2.29. The Hall–Kier alpha value is -0.610. The summed E-state index contributed by atoms with van der Waals surface area (Å²) in [5.41, 5.74) is 1.28. The monoisotopic (exact) mass is 251 g/mol. The first kappa shape index (κ1) is 12.4. The Kier molecular flexibility index (Phi) is 4.16. The van der Waals surface area contributed by atoms with E-state index in [9.17, 15) is 0 Å². The summed E-state index contributed by atoms with van der Waals surface area (Å²) in [6.45, 7) is 6.13. The van der Waals surface area contributed by atoms with Gasteiger partial charge in [0.25, 0.3) is 0 Å². The zero-order chi connectivity index (χ0) is 12.2. The quantitative estimate of drug-likeness (QED) is 0.765. The van der Waals surface area contributed by atoms with Crippen molar-refractivity contribution in [2.45, 2.75) is 51.2 Å². The minimum absolute atomic E-state index is 0.254. The molecule has 1 atom stereocenters. The molecule has 0 aromatic carbocycles. The molecule has 3 rings (SSSR count). The van der Waals surface area contributed by atoms with Gasteiger partial charge in [0.1, 0.15) is 0 Å². The lowest BCUT2D eigenvalue weighted by Crippen LogP contribution is -2.34. The van der Waals surface area contributed by atoms with Crippen molar-refractivity contribution < 1.29 is 4.84 Å². The summed E-state index contributed by atoms with van der Waals surface area (Å²) < 4.78 is 0. The van der Waals surface area contributed by atoms with Gasteiger partial charge in [0, 0.05) is 32.5 Å². The third kappa shape index (κ3) is 3.04. The van der Waals surface area contributed by atoms with Crippen LogP contribution in [0.5, 0.6) is 0 Å². The van der Waals surface area contributed by atoms with Crippen molar-refractivity contribution in [2.24, 2.45) is 5.16 Å². The van der Waals surface area contributed by atoms with E-state index < -0.39 is 0 Å². The topological polar surface area (TPSA) is 28.1 Å². The predicted octanol–water partition coefficient (Wildman–Crippen LogP) is 2.06. The summed E-state index contributed by atoms with van der Waals surface area (Å²) in [6.07, 6.45) is 9.20. The molecule has 3 aliphatic rings. The maximum Gasteiger partial charge on any atom is 0.186 e. The molecule has 102 valence electrons. The minimum Gasteiger partial charge on any atom is -0.376 e. The van der Waals surface area contributed by atoms with Crippen LogP contribution in [0.4, 0.5) is 0 Å². The van der Waals surface area contributed by atoms with Gasteiger partial charge in [-0.05, 0) is 38.8 Å². The molecular formula is C14H25N3O. The van der Waals surface area contributed by atoms with Crippen molar-refractivity contribution in [1.82, 2.24) is 9.80 Å². The lowest BCUT2D eigenvalue weighted by Gasteiger charge is -2.26. The van der Waals surface area contributed by atoms with Gasteiger partial charge in [-0.25, -0.2) is 0 Å². The second-order valence-electron chi connectivity index (χ2n) is 5.82. The molecule has 2 fully saturated rings. The van der Waals surface area contributed by atoms with Gasteiger partial charge in [0.15, 0.2) is 6.23 Å². The number of hydrogen-bond acceptors (Lipinski definition) is 4. The molecule has 0 radical (unpaired) electrons. The summed E-state index contributed by atoms with van der Waals surface area (Å²) in [6, 6.07) is 0. The summed E-state index contributed by atoms with van der Waals surface area (Å²) in [7, 11) is 0. The summed E-state index contributed by atoms with van der Waals surface area (Å²) >= 11 is 0. The van der Waals surface area contributed by atoms with E-state index in [-0.39, 0.29) is 6.23 Å². The third-order valence-corrected chi connectivity index (χ3v) is 4.43. The number of rotatable bonds is 4. The van der Waals surface area contributed by atoms with Gasteiger partial charge in [-0.1, -0.05) is 11.6 Å². The average molecular weight is 251 g/mol.